The first-order valence-electron chi connectivity index (χ1n) is 6.64. The standard InChI is InChI=1S/C16H14N2O4/c17-13-5-1-11(2-6-13)15(19)9-10-16(20)12-3-7-14(8-4-12)18(21)22/h1-8H,9-10,17H2. The maximum atomic E-state index is 12.0. The number of rotatable bonds is 6. The molecular formula is C16H14N2O4. The second-order valence-corrected chi connectivity index (χ2v) is 4.77. The smallest absolute Gasteiger partial charge is 0.269 e. The van der Waals surface area contributed by atoms with Gasteiger partial charge in [-0.05, 0) is 36.4 Å². The Kier molecular flexibility index (Phi) is 4.63. The number of ketones is 2. The highest BCUT2D eigenvalue weighted by Crippen LogP contribution is 2.15. The minimum atomic E-state index is -0.529. The Morgan fingerprint density at radius 3 is 1.68 bits per heavy atom. The molecule has 0 atom stereocenters. The van der Waals surface area contributed by atoms with Crippen LogP contribution in [0.25, 0.3) is 0 Å². The van der Waals surface area contributed by atoms with Crippen molar-refractivity contribution in [3.63, 3.8) is 0 Å². The number of Topliss-reactive ketones (excluding diaryl/α,β-unsaturated/α-hetero) is 2. The highest BCUT2D eigenvalue weighted by atomic mass is 16.6. The first-order valence-corrected chi connectivity index (χ1v) is 6.64. The van der Waals surface area contributed by atoms with Crippen LogP contribution >= 0.6 is 0 Å². The number of carbonyl (C=O) groups is 2. The molecule has 6 nitrogen and oxygen atoms in total. The molecule has 22 heavy (non-hydrogen) atoms. The van der Waals surface area contributed by atoms with E-state index in [0.717, 1.165) is 0 Å². The summed E-state index contributed by atoms with van der Waals surface area (Å²) in [6.45, 7) is 0. The van der Waals surface area contributed by atoms with Crippen molar-refractivity contribution in [1.29, 1.82) is 0 Å². The van der Waals surface area contributed by atoms with E-state index >= 15 is 0 Å². The van der Waals surface area contributed by atoms with E-state index in [2.05, 4.69) is 0 Å². The minimum Gasteiger partial charge on any atom is -0.399 e. The molecule has 0 aliphatic heterocycles. The summed E-state index contributed by atoms with van der Waals surface area (Å²) < 4.78 is 0. The molecule has 0 radical (unpaired) electrons. The molecule has 0 spiro atoms. The number of anilines is 1. The van der Waals surface area contributed by atoms with E-state index in [4.69, 9.17) is 5.73 Å². The van der Waals surface area contributed by atoms with E-state index in [-0.39, 0.29) is 30.1 Å². The van der Waals surface area contributed by atoms with Crippen molar-refractivity contribution in [3.05, 3.63) is 69.8 Å². The van der Waals surface area contributed by atoms with Crippen molar-refractivity contribution in [2.24, 2.45) is 0 Å². The molecule has 0 bridgehead atoms. The van der Waals surface area contributed by atoms with Crippen LogP contribution in [0, 0.1) is 10.1 Å². The molecule has 0 saturated heterocycles. The van der Waals surface area contributed by atoms with Gasteiger partial charge in [-0.1, -0.05) is 0 Å². The lowest BCUT2D eigenvalue weighted by molar-refractivity contribution is -0.384. The second-order valence-electron chi connectivity index (χ2n) is 4.77. The first kappa shape index (κ1) is 15.4. The molecule has 112 valence electrons. The van der Waals surface area contributed by atoms with Crippen LogP contribution in [-0.2, 0) is 0 Å². The van der Waals surface area contributed by atoms with Gasteiger partial charge in [0, 0.05) is 41.8 Å². The average molecular weight is 298 g/mol. The molecule has 0 saturated carbocycles. The molecule has 2 N–H and O–H groups in total. The van der Waals surface area contributed by atoms with Gasteiger partial charge in [0.05, 0.1) is 4.92 Å². The van der Waals surface area contributed by atoms with Crippen LogP contribution in [-0.4, -0.2) is 16.5 Å². The fraction of sp³-hybridized carbons (Fsp3) is 0.125. The van der Waals surface area contributed by atoms with E-state index in [1.807, 2.05) is 0 Å². The van der Waals surface area contributed by atoms with E-state index in [1.165, 1.54) is 24.3 Å². The third-order valence-corrected chi connectivity index (χ3v) is 3.21. The number of nitro groups is 1. The number of carbonyl (C=O) groups excluding carboxylic acids is 2. The summed E-state index contributed by atoms with van der Waals surface area (Å²) in [5.41, 5.74) is 6.90. The molecule has 0 aromatic heterocycles. The molecule has 2 aromatic rings. The summed E-state index contributed by atoms with van der Waals surface area (Å²) >= 11 is 0. The lowest BCUT2D eigenvalue weighted by atomic mass is 10.0. The Hall–Kier alpha value is -3.02. The van der Waals surface area contributed by atoms with E-state index in [0.29, 0.717) is 16.8 Å². The predicted molar refractivity (Wildman–Crippen MR) is 81.8 cm³/mol. The van der Waals surface area contributed by atoms with Crippen molar-refractivity contribution >= 4 is 22.9 Å². The van der Waals surface area contributed by atoms with Crippen LogP contribution in [0.15, 0.2) is 48.5 Å². The summed E-state index contributed by atoms with van der Waals surface area (Å²) in [5.74, 6) is -0.367. The van der Waals surface area contributed by atoms with Crippen LogP contribution in [0.2, 0.25) is 0 Å². The quantitative estimate of drug-likeness (QED) is 0.382. The van der Waals surface area contributed by atoms with Crippen molar-refractivity contribution in [3.8, 4) is 0 Å². The Morgan fingerprint density at radius 1 is 0.864 bits per heavy atom. The highest BCUT2D eigenvalue weighted by Gasteiger charge is 2.12. The van der Waals surface area contributed by atoms with Gasteiger partial charge >= 0.3 is 0 Å². The van der Waals surface area contributed by atoms with Gasteiger partial charge in [-0.3, -0.25) is 19.7 Å². The topological polar surface area (TPSA) is 103 Å². The minimum absolute atomic E-state index is 0.0566. The van der Waals surface area contributed by atoms with Gasteiger partial charge in [-0.25, -0.2) is 0 Å². The van der Waals surface area contributed by atoms with E-state index in [9.17, 15) is 19.7 Å². The van der Waals surface area contributed by atoms with E-state index < -0.39 is 4.92 Å². The maximum Gasteiger partial charge on any atom is 0.269 e. The molecule has 0 unspecified atom stereocenters. The molecule has 0 aliphatic rings. The molecule has 0 fully saturated rings. The summed E-state index contributed by atoms with van der Waals surface area (Å²) in [7, 11) is 0. The normalized spacial score (nSPS) is 10.2. The zero-order valence-corrected chi connectivity index (χ0v) is 11.7. The number of nitro benzene ring substituents is 1. The first-order chi connectivity index (χ1) is 10.5. The van der Waals surface area contributed by atoms with Crippen LogP contribution in [0.3, 0.4) is 0 Å². The lowest BCUT2D eigenvalue weighted by Gasteiger charge is -2.02. The Morgan fingerprint density at radius 2 is 1.27 bits per heavy atom. The summed E-state index contributed by atoms with van der Waals surface area (Å²) in [5, 5.41) is 10.5. The number of nitrogens with two attached hydrogens (primary N) is 1. The average Bonchev–Trinajstić information content (AvgIpc) is 2.53. The number of hydrogen-bond acceptors (Lipinski definition) is 5. The summed E-state index contributed by atoms with van der Waals surface area (Å²) in [6, 6.07) is 11.8. The van der Waals surface area contributed by atoms with Crippen molar-refractivity contribution in [2.45, 2.75) is 12.8 Å². The molecule has 0 heterocycles. The van der Waals surface area contributed by atoms with Crippen molar-refractivity contribution < 1.29 is 14.5 Å². The zero-order valence-electron chi connectivity index (χ0n) is 11.7. The largest absolute Gasteiger partial charge is 0.399 e. The predicted octanol–water partition coefficient (Wildman–Crippen LogP) is 3.02. The Bertz CT molecular complexity index is 706. The van der Waals surface area contributed by atoms with Crippen molar-refractivity contribution in [2.75, 3.05) is 5.73 Å². The van der Waals surface area contributed by atoms with Crippen LogP contribution in [0.4, 0.5) is 11.4 Å². The number of hydrogen-bond donors (Lipinski definition) is 1. The van der Waals surface area contributed by atoms with Gasteiger partial charge in [-0.2, -0.15) is 0 Å². The van der Waals surface area contributed by atoms with Crippen LogP contribution < -0.4 is 5.73 Å². The van der Waals surface area contributed by atoms with Crippen LogP contribution in [0.5, 0.6) is 0 Å². The van der Waals surface area contributed by atoms with Gasteiger partial charge in [0.1, 0.15) is 0 Å². The highest BCUT2D eigenvalue weighted by molar-refractivity contribution is 6.02. The molecule has 0 amide bonds. The summed E-state index contributed by atoms with van der Waals surface area (Å²) in [4.78, 5) is 33.9. The number of nitrogen functional groups attached to an aromatic ring is 1. The zero-order chi connectivity index (χ0) is 16.1. The Labute approximate surface area is 126 Å². The van der Waals surface area contributed by atoms with Gasteiger partial charge in [0.2, 0.25) is 0 Å². The molecule has 2 aromatic carbocycles. The second kappa shape index (κ2) is 6.62. The van der Waals surface area contributed by atoms with Crippen LogP contribution in [0.1, 0.15) is 33.6 Å². The summed E-state index contributed by atoms with van der Waals surface area (Å²) in [6.07, 6.45) is 0.140. The van der Waals surface area contributed by atoms with Gasteiger partial charge in [0.25, 0.3) is 5.69 Å². The molecule has 2 rings (SSSR count). The van der Waals surface area contributed by atoms with Gasteiger partial charge < -0.3 is 5.73 Å². The SMILES string of the molecule is Nc1ccc(C(=O)CCC(=O)c2ccc([N+](=O)[O-])cc2)cc1. The number of nitrogens with zero attached hydrogens (tertiary/aromatic N) is 1. The van der Waals surface area contributed by atoms with E-state index in [1.54, 1.807) is 24.3 Å². The third kappa shape index (κ3) is 3.76. The van der Waals surface area contributed by atoms with Gasteiger partial charge in [0.15, 0.2) is 11.6 Å². The molecular weight excluding hydrogens is 284 g/mol. The monoisotopic (exact) mass is 298 g/mol. The Balaban J connectivity index is 1.96. The fourth-order valence-corrected chi connectivity index (χ4v) is 1.95. The molecule has 6 heteroatoms. The number of non-ortho nitro benzene ring substituents is 1. The third-order valence-electron chi connectivity index (χ3n) is 3.21. The fourth-order valence-electron chi connectivity index (χ4n) is 1.95. The van der Waals surface area contributed by atoms with Gasteiger partial charge in [-0.15, -0.1) is 0 Å². The molecule has 0 aliphatic carbocycles. The maximum absolute atomic E-state index is 12.0. The number of benzene rings is 2. The van der Waals surface area contributed by atoms with Crippen molar-refractivity contribution in [1.82, 2.24) is 0 Å². The lowest BCUT2D eigenvalue weighted by Crippen LogP contribution is -2.05.